The SMILES string of the molecule is CCOC(=O)C(CNC(=O)OC(=O)N1CCc2ccc(OCc3ccc(C(F)(F)F)cc3)cc2C1)c1ccc(-c2ccccc2)cc1. The van der Waals surface area contributed by atoms with Gasteiger partial charge in [-0.3, -0.25) is 4.79 Å². The second kappa shape index (κ2) is 14.8. The highest BCUT2D eigenvalue weighted by Gasteiger charge is 2.30. The molecule has 1 unspecified atom stereocenters. The third-order valence-corrected chi connectivity index (χ3v) is 7.76. The lowest BCUT2D eigenvalue weighted by atomic mass is 9.96. The summed E-state index contributed by atoms with van der Waals surface area (Å²) in [5.41, 5.74) is 4.25. The third kappa shape index (κ3) is 8.69. The van der Waals surface area contributed by atoms with Gasteiger partial charge in [-0.25, -0.2) is 9.59 Å². The molecule has 0 radical (unpaired) electrons. The van der Waals surface area contributed by atoms with Crippen molar-refractivity contribution in [1.82, 2.24) is 10.2 Å². The second-order valence-corrected chi connectivity index (χ2v) is 10.9. The summed E-state index contributed by atoms with van der Waals surface area (Å²) in [6, 6.07) is 27.3. The molecule has 0 aromatic heterocycles. The van der Waals surface area contributed by atoms with Crippen molar-refractivity contribution in [2.75, 3.05) is 19.7 Å². The number of alkyl carbamates (subject to hydrolysis) is 1. The quantitative estimate of drug-likeness (QED) is 0.150. The Kier molecular flexibility index (Phi) is 10.4. The molecule has 1 aliphatic rings. The zero-order valence-electron chi connectivity index (χ0n) is 25.6. The topological polar surface area (TPSA) is 94.2 Å². The fourth-order valence-electron chi connectivity index (χ4n) is 5.22. The van der Waals surface area contributed by atoms with Gasteiger partial charge in [-0.1, -0.05) is 72.8 Å². The van der Waals surface area contributed by atoms with E-state index in [1.807, 2.05) is 48.5 Å². The number of carbonyl (C=O) groups excluding carboxylic acids is 3. The van der Waals surface area contributed by atoms with Crippen LogP contribution in [0.4, 0.5) is 22.8 Å². The van der Waals surface area contributed by atoms with Crippen LogP contribution in [0.1, 0.15) is 40.7 Å². The maximum absolute atomic E-state index is 12.9. The molecule has 1 aliphatic heterocycles. The fraction of sp³-hybridized carbons (Fsp3) is 0.250. The van der Waals surface area contributed by atoms with Crippen LogP contribution in [0.2, 0.25) is 0 Å². The second-order valence-electron chi connectivity index (χ2n) is 10.9. The predicted molar refractivity (Wildman–Crippen MR) is 167 cm³/mol. The van der Waals surface area contributed by atoms with E-state index in [1.54, 1.807) is 31.2 Å². The van der Waals surface area contributed by atoms with Crippen LogP contribution in [-0.2, 0) is 40.0 Å². The van der Waals surface area contributed by atoms with Crippen molar-refractivity contribution in [3.63, 3.8) is 0 Å². The van der Waals surface area contributed by atoms with Crippen LogP contribution in [0, 0.1) is 0 Å². The minimum Gasteiger partial charge on any atom is -0.489 e. The van der Waals surface area contributed by atoms with Crippen molar-refractivity contribution < 1.29 is 41.8 Å². The van der Waals surface area contributed by atoms with Gasteiger partial charge in [0.25, 0.3) is 0 Å². The standard InChI is InChI=1S/C36H33F3N2O6/c1-2-45-33(42)32(28-12-10-26(11-13-28)25-6-4-3-5-7-25)21-40-34(43)47-35(44)41-19-18-27-14-17-31(20-29(27)22-41)46-23-24-8-15-30(16-9-24)36(37,38)39/h3-17,20,32H,2,18-19,21-23H2,1H3,(H,40,43). The summed E-state index contributed by atoms with van der Waals surface area (Å²) in [6.45, 7) is 2.27. The van der Waals surface area contributed by atoms with Gasteiger partial charge in [0.2, 0.25) is 0 Å². The Hall–Kier alpha value is -5.32. The average Bonchev–Trinajstić information content (AvgIpc) is 3.07. The van der Waals surface area contributed by atoms with Gasteiger partial charge < -0.3 is 24.4 Å². The molecular weight excluding hydrogens is 613 g/mol. The van der Waals surface area contributed by atoms with E-state index in [2.05, 4.69) is 5.32 Å². The lowest BCUT2D eigenvalue weighted by Crippen LogP contribution is -2.40. The number of nitrogens with one attached hydrogen (secondary N) is 1. The first kappa shape index (κ1) is 33.1. The Labute approximate surface area is 270 Å². The molecule has 1 heterocycles. The number of fused-ring (bicyclic) bond motifs is 1. The normalized spacial score (nSPS) is 13.2. The van der Waals surface area contributed by atoms with E-state index in [1.165, 1.54) is 17.0 Å². The van der Waals surface area contributed by atoms with Crippen molar-refractivity contribution >= 4 is 18.2 Å². The van der Waals surface area contributed by atoms with Crippen molar-refractivity contribution in [1.29, 1.82) is 0 Å². The van der Waals surface area contributed by atoms with Crippen molar-refractivity contribution in [2.24, 2.45) is 0 Å². The molecule has 0 bridgehead atoms. The van der Waals surface area contributed by atoms with Gasteiger partial charge >= 0.3 is 24.3 Å². The molecule has 0 fully saturated rings. The molecule has 0 spiro atoms. The number of amides is 2. The van der Waals surface area contributed by atoms with Crippen LogP contribution in [0.25, 0.3) is 11.1 Å². The van der Waals surface area contributed by atoms with E-state index in [4.69, 9.17) is 14.2 Å². The zero-order chi connectivity index (χ0) is 33.4. The van der Waals surface area contributed by atoms with Crippen LogP contribution in [0.15, 0.2) is 97.1 Å². The monoisotopic (exact) mass is 646 g/mol. The molecule has 244 valence electrons. The molecule has 5 rings (SSSR count). The highest BCUT2D eigenvalue weighted by atomic mass is 19.4. The first-order valence-electron chi connectivity index (χ1n) is 15.1. The van der Waals surface area contributed by atoms with E-state index >= 15 is 0 Å². The summed E-state index contributed by atoms with van der Waals surface area (Å²) in [7, 11) is 0. The molecule has 0 aliphatic carbocycles. The Bertz CT molecular complexity index is 1690. The maximum Gasteiger partial charge on any atom is 0.419 e. The largest absolute Gasteiger partial charge is 0.489 e. The molecule has 1 N–H and O–H groups in total. The molecular formula is C36H33F3N2O6. The van der Waals surface area contributed by atoms with Crippen LogP contribution < -0.4 is 10.1 Å². The number of nitrogens with zero attached hydrogens (tertiary/aromatic N) is 1. The number of halogens is 3. The van der Waals surface area contributed by atoms with E-state index in [-0.39, 0.29) is 26.3 Å². The number of hydrogen-bond donors (Lipinski definition) is 1. The number of hydrogen-bond acceptors (Lipinski definition) is 6. The number of ether oxygens (including phenoxy) is 3. The molecule has 11 heteroatoms. The molecule has 2 amide bonds. The first-order valence-corrected chi connectivity index (χ1v) is 15.1. The van der Waals surface area contributed by atoms with Gasteiger partial charge in [0, 0.05) is 19.6 Å². The van der Waals surface area contributed by atoms with E-state index in [9.17, 15) is 27.6 Å². The summed E-state index contributed by atoms with van der Waals surface area (Å²) in [5, 5.41) is 2.52. The van der Waals surface area contributed by atoms with Crippen molar-refractivity contribution in [3.05, 3.63) is 125 Å². The van der Waals surface area contributed by atoms with Crippen LogP contribution in [0.5, 0.6) is 5.75 Å². The van der Waals surface area contributed by atoms with E-state index in [0.717, 1.165) is 34.4 Å². The number of benzene rings is 4. The summed E-state index contributed by atoms with van der Waals surface area (Å²) >= 11 is 0. The Balaban J connectivity index is 1.15. The molecule has 4 aromatic rings. The highest BCUT2D eigenvalue weighted by molar-refractivity contribution is 5.85. The van der Waals surface area contributed by atoms with Crippen LogP contribution >= 0.6 is 0 Å². The third-order valence-electron chi connectivity index (χ3n) is 7.76. The van der Waals surface area contributed by atoms with Gasteiger partial charge in [-0.15, -0.1) is 0 Å². The number of esters is 1. The molecule has 1 atom stereocenters. The zero-order valence-corrected chi connectivity index (χ0v) is 25.6. The van der Waals surface area contributed by atoms with Gasteiger partial charge in [0.05, 0.1) is 18.1 Å². The summed E-state index contributed by atoms with van der Waals surface area (Å²) < 4.78 is 54.5. The van der Waals surface area contributed by atoms with Gasteiger partial charge in [0.1, 0.15) is 12.4 Å². The van der Waals surface area contributed by atoms with Crippen LogP contribution in [0.3, 0.4) is 0 Å². The number of alkyl halides is 3. The first-order chi connectivity index (χ1) is 22.6. The Morgan fingerprint density at radius 2 is 1.57 bits per heavy atom. The van der Waals surface area contributed by atoms with E-state index in [0.29, 0.717) is 29.8 Å². The van der Waals surface area contributed by atoms with Gasteiger partial charge in [0.15, 0.2) is 0 Å². The summed E-state index contributed by atoms with van der Waals surface area (Å²) in [6.07, 6.45) is -5.73. The predicted octanol–water partition coefficient (Wildman–Crippen LogP) is 7.50. The lowest BCUT2D eigenvalue weighted by Gasteiger charge is -2.28. The smallest absolute Gasteiger partial charge is 0.419 e. The Morgan fingerprint density at radius 1 is 0.872 bits per heavy atom. The summed E-state index contributed by atoms with van der Waals surface area (Å²) in [4.78, 5) is 39.6. The van der Waals surface area contributed by atoms with Gasteiger partial charge in [-0.2, -0.15) is 13.2 Å². The molecule has 8 nitrogen and oxygen atoms in total. The highest BCUT2D eigenvalue weighted by Crippen LogP contribution is 2.30. The molecule has 0 saturated heterocycles. The van der Waals surface area contributed by atoms with Crippen LogP contribution in [-0.4, -0.2) is 42.8 Å². The minimum atomic E-state index is -4.41. The van der Waals surface area contributed by atoms with E-state index < -0.39 is 35.8 Å². The fourth-order valence-corrected chi connectivity index (χ4v) is 5.22. The van der Waals surface area contributed by atoms with Crippen molar-refractivity contribution in [3.8, 4) is 16.9 Å². The van der Waals surface area contributed by atoms with Crippen molar-refractivity contribution in [2.45, 2.75) is 38.6 Å². The number of carbonyl (C=O) groups is 3. The minimum absolute atomic E-state index is 0.0623. The lowest BCUT2D eigenvalue weighted by molar-refractivity contribution is -0.144. The number of rotatable bonds is 9. The Morgan fingerprint density at radius 3 is 2.26 bits per heavy atom. The molecule has 47 heavy (non-hydrogen) atoms. The summed E-state index contributed by atoms with van der Waals surface area (Å²) in [5.74, 6) is -0.848. The van der Waals surface area contributed by atoms with Gasteiger partial charge in [-0.05, 0) is 71.0 Å². The molecule has 4 aromatic carbocycles. The average molecular weight is 647 g/mol. The molecule has 0 saturated carbocycles. The maximum atomic E-state index is 12.9.